The summed E-state index contributed by atoms with van der Waals surface area (Å²) in [7, 11) is 17.2. The van der Waals surface area contributed by atoms with Gasteiger partial charge >= 0.3 is 361 Å². The van der Waals surface area contributed by atoms with Crippen LogP contribution in [0.1, 0.15) is 249 Å². The molecule has 7 heteroatoms. The second kappa shape index (κ2) is 13.7. The zero-order valence-corrected chi connectivity index (χ0v) is 52.1. The van der Waals surface area contributed by atoms with Gasteiger partial charge in [-0.25, -0.2) is 0 Å². The Labute approximate surface area is 358 Å². The van der Waals surface area contributed by atoms with Crippen LogP contribution in [0.3, 0.4) is 0 Å². The van der Waals surface area contributed by atoms with Crippen molar-refractivity contribution in [2.45, 2.75) is 311 Å². The zero-order chi connectivity index (χ0) is 46.4. The third-order valence-electron chi connectivity index (χ3n) is 14.0. The number of rotatable bonds is 4. The molecule has 0 spiro atoms. The summed E-state index contributed by atoms with van der Waals surface area (Å²) in [5.41, 5.74) is -13.8. The molecule has 0 nitrogen and oxygen atoms in total. The molecule has 0 N–H and O–H groups in total. The van der Waals surface area contributed by atoms with Crippen LogP contribution in [0.25, 0.3) is 0 Å². The summed E-state index contributed by atoms with van der Waals surface area (Å²) < 4.78 is 0. The van der Waals surface area contributed by atoms with Gasteiger partial charge in [-0.2, -0.15) is 0 Å². The van der Waals surface area contributed by atoms with E-state index in [1.807, 2.05) is 0 Å². The Bertz CT molecular complexity index is 1050. The molecule has 0 aromatic heterocycles. The van der Waals surface area contributed by atoms with E-state index >= 15 is 0 Å². The van der Waals surface area contributed by atoms with Gasteiger partial charge < -0.3 is 0 Å². The third-order valence-corrected chi connectivity index (χ3v) is 191. The van der Waals surface area contributed by atoms with Gasteiger partial charge in [0.05, 0.1) is 0 Å². The molecule has 0 fully saturated rings. The van der Waals surface area contributed by atoms with Crippen molar-refractivity contribution >= 4 is 40.9 Å². The van der Waals surface area contributed by atoms with Crippen LogP contribution in [0.15, 0.2) is 0 Å². The number of hydrogen-bond acceptors (Lipinski definition) is 0. The predicted molar refractivity (Wildman–Crippen MR) is 282 cm³/mol. The monoisotopic (exact) mass is 989 g/mol. The molecule has 0 atom stereocenters. The molecule has 348 valence electrons. The van der Waals surface area contributed by atoms with Crippen LogP contribution in [0.2, 0.25) is 0 Å². The van der Waals surface area contributed by atoms with Crippen LogP contribution in [0.4, 0.5) is 0 Å². The summed E-state index contributed by atoms with van der Waals surface area (Å²) in [6, 6.07) is 0. The molecule has 0 saturated heterocycles. The van der Waals surface area contributed by atoms with Crippen molar-refractivity contribution in [1.82, 2.24) is 0 Å². The van der Waals surface area contributed by atoms with E-state index in [1.54, 1.807) is 0 Å². The van der Waals surface area contributed by atoms with Gasteiger partial charge in [0.2, 0.25) is 0 Å². The average molecular weight is 991 g/mol. The van der Waals surface area contributed by atoms with Crippen LogP contribution >= 0.6 is 40.9 Å². The Hall–Kier alpha value is 2.96. The van der Waals surface area contributed by atoms with Crippen LogP contribution in [-0.4, -0.2) is 61.9 Å². The van der Waals surface area contributed by atoms with Crippen LogP contribution in [-0.2, 0) is 9.07 Å². The van der Waals surface area contributed by atoms with Gasteiger partial charge in [0.1, 0.15) is 0 Å². The molecular formula is C48H112Cl2P4Pd. The number of hydrogen-bond donors (Lipinski definition) is 0. The first kappa shape index (κ1) is 58.0. The summed E-state index contributed by atoms with van der Waals surface area (Å²) in [6.07, 6.45) is 0. The van der Waals surface area contributed by atoms with Gasteiger partial charge in [-0.05, 0) is 0 Å². The van der Waals surface area contributed by atoms with Crippen molar-refractivity contribution in [1.29, 1.82) is 0 Å². The van der Waals surface area contributed by atoms with Gasteiger partial charge in [0.25, 0.3) is 0 Å². The second-order valence-corrected chi connectivity index (χ2v) is 119. The first-order valence-electron chi connectivity index (χ1n) is 21.9. The summed E-state index contributed by atoms with van der Waals surface area (Å²) in [5, 5.41) is -2.16. The van der Waals surface area contributed by atoms with Gasteiger partial charge in [-0.1, -0.05) is 0 Å². The van der Waals surface area contributed by atoms with Crippen molar-refractivity contribution in [3.63, 3.8) is 0 Å². The van der Waals surface area contributed by atoms with E-state index in [0.29, 0.717) is 0 Å². The minimum atomic E-state index is -6.28. The van der Waals surface area contributed by atoms with Crippen molar-refractivity contribution in [3.05, 3.63) is 0 Å². The van der Waals surface area contributed by atoms with Crippen molar-refractivity contribution < 1.29 is 9.07 Å². The summed E-state index contributed by atoms with van der Waals surface area (Å²) >= 11 is 0. The van der Waals surface area contributed by atoms with E-state index in [0.717, 1.165) is 0 Å². The molecule has 0 bridgehead atoms. The Morgan fingerprint density at radius 2 is 0.236 bits per heavy atom. The van der Waals surface area contributed by atoms with Crippen LogP contribution in [0.5, 0.6) is 0 Å². The number of halogens is 2. The van der Waals surface area contributed by atoms with Gasteiger partial charge in [0, 0.05) is 0 Å². The van der Waals surface area contributed by atoms with Crippen molar-refractivity contribution in [2.75, 3.05) is 0 Å². The molecule has 55 heavy (non-hydrogen) atoms. The van der Waals surface area contributed by atoms with E-state index < -0.39 is 30.9 Å². The van der Waals surface area contributed by atoms with Crippen LogP contribution < -0.4 is 0 Å². The SMILES string of the molecule is CC(C)(C)[PH](C(C)(C)C)(C(C)(C)C)[Pd]([Cl])([Cl])([PH](C(C)(C)C)(C(C)(C)C)C(C)(C)C)([PH](C(C)(C)C)(C(C)(C)C)C(C)(C)C)[PH](C(C)(C)C)(C(C)(C)C)C(C)(C)C. The summed E-state index contributed by atoms with van der Waals surface area (Å²) in [5.74, 6) is 0. The molecule has 0 radical (unpaired) electrons. The van der Waals surface area contributed by atoms with Crippen LogP contribution in [0, 0.1) is 0 Å². The first-order valence-corrected chi connectivity index (χ1v) is 42.5. The molecule has 0 aliphatic carbocycles. The third kappa shape index (κ3) is 5.89. The van der Waals surface area contributed by atoms with Gasteiger partial charge in [-0.3, -0.25) is 0 Å². The van der Waals surface area contributed by atoms with Crippen molar-refractivity contribution in [2.24, 2.45) is 0 Å². The first-order chi connectivity index (χ1) is 22.6. The van der Waals surface area contributed by atoms with E-state index in [9.17, 15) is 19.1 Å². The summed E-state index contributed by atoms with van der Waals surface area (Å²) in [4.78, 5) is 0. The fraction of sp³-hybridized carbons (Fsp3) is 1.00. The fourth-order valence-electron chi connectivity index (χ4n) is 21.0. The molecule has 0 saturated carbocycles. The molecule has 0 rings (SSSR count). The van der Waals surface area contributed by atoms with E-state index in [1.165, 1.54) is 0 Å². The fourth-order valence-corrected chi connectivity index (χ4v) is 439. The van der Waals surface area contributed by atoms with Crippen molar-refractivity contribution in [3.8, 4) is 0 Å². The maximum atomic E-state index is 11.7. The average Bonchev–Trinajstić information content (AvgIpc) is 2.58. The zero-order valence-electron chi connectivity index (χ0n) is 45.1. The Morgan fingerprint density at radius 3 is 0.273 bits per heavy atom. The molecule has 0 heterocycles. The Kier molecular flexibility index (Phi) is 14.5. The Morgan fingerprint density at radius 1 is 0.182 bits per heavy atom. The van der Waals surface area contributed by atoms with Gasteiger partial charge in [0.15, 0.2) is 0 Å². The quantitative estimate of drug-likeness (QED) is 0.195. The maximum absolute atomic E-state index is 11.7. The molecule has 0 amide bonds. The molecule has 0 aromatic rings. The van der Waals surface area contributed by atoms with E-state index in [2.05, 4.69) is 249 Å². The molecule has 0 unspecified atom stereocenters. The minimum absolute atomic E-state index is 0.180. The molecular weight excluding hydrogens is 878 g/mol. The molecule has 0 aliphatic heterocycles. The predicted octanol–water partition coefficient (Wildman–Crippen LogP) is 19.8. The second-order valence-electron chi connectivity index (χ2n) is 30.4. The molecule has 0 aromatic carbocycles. The standard InChI is InChI=1S/4C12H27P.2ClH.Pd/c4*1-10(2,3)13(11(4,5)6)12(7,8)9;;;/h4*1-9H3;2*1H;/q;;;;;;-2/p+2. The Balaban J connectivity index is 13.6. The van der Waals surface area contributed by atoms with Gasteiger partial charge in [-0.15, -0.1) is 0 Å². The topological polar surface area (TPSA) is 0 Å². The normalized spacial score (nSPS) is 19.8. The van der Waals surface area contributed by atoms with E-state index in [4.69, 9.17) is 0 Å². The molecule has 0 aliphatic rings. The summed E-state index contributed by atoms with van der Waals surface area (Å²) in [6.45, 7) is 97.2. The van der Waals surface area contributed by atoms with E-state index in [-0.39, 0.29) is 61.9 Å².